The molecule has 0 bridgehead atoms. The number of hydrogen-bond acceptors (Lipinski definition) is 4. The molecule has 4 heteroatoms. The molecule has 0 aromatic rings. The summed E-state index contributed by atoms with van der Waals surface area (Å²) >= 11 is 0. The van der Waals surface area contributed by atoms with E-state index in [9.17, 15) is 4.79 Å². The highest BCUT2D eigenvalue weighted by Gasteiger charge is 2.60. The van der Waals surface area contributed by atoms with E-state index in [4.69, 9.17) is 14.2 Å². The second-order valence-corrected chi connectivity index (χ2v) is 3.81. The van der Waals surface area contributed by atoms with Crippen LogP contribution >= 0.6 is 0 Å². The first-order chi connectivity index (χ1) is 5.44. The predicted molar refractivity (Wildman–Crippen MR) is 39.4 cm³/mol. The Balaban J connectivity index is 2.29. The maximum Gasteiger partial charge on any atom is 0.341 e. The topological polar surface area (TPSA) is 44.8 Å². The van der Waals surface area contributed by atoms with E-state index in [0.29, 0.717) is 6.61 Å². The van der Waals surface area contributed by atoms with E-state index < -0.39 is 11.4 Å². The summed E-state index contributed by atoms with van der Waals surface area (Å²) in [4.78, 5) is 11.2. The molecule has 2 heterocycles. The highest BCUT2D eigenvalue weighted by molar-refractivity contribution is 5.82. The van der Waals surface area contributed by atoms with Crippen molar-refractivity contribution in [3.8, 4) is 0 Å². The van der Waals surface area contributed by atoms with Gasteiger partial charge in [0, 0.05) is 0 Å². The smallest absolute Gasteiger partial charge is 0.341 e. The average Bonchev–Trinajstić information content (AvgIpc) is 2.27. The zero-order chi connectivity index (χ0) is 8.98. The number of esters is 1. The van der Waals surface area contributed by atoms with Crippen LogP contribution in [0.25, 0.3) is 0 Å². The second-order valence-electron chi connectivity index (χ2n) is 3.81. The first-order valence-electron chi connectivity index (χ1n) is 3.99. The zero-order valence-corrected chi connectivity index (χ0v) is 7.42. The molecule has 0 radical (unpaired) electrons. The van der Waals surface area contributed by atoms with Crippen molar-refractivity contribution in [2.24, 2.45) is 0 Å². The summed E-state index contributed by atoms with van der Waals surface area (Å²) in [5.74, 6) is -0.989. The summed E-state index contributed by atoms with van der Waals surface area (Å²) in [6.45, 7) is 5.61. The quantitative estimate of drug-likeness (QED) is 0.498. The van der Waals surface area contributed by atoms with Gasteiger partial charge in [0.15, 0.2) is 11.4 Å². The van der Waals surface area contributed by atoms with Crippen molar-refractivity contribution in [1.29, 1.82) is 0 Å². The summed E-state index contributed by atoms with van der Waals surface area (Å²) in [6.07, 6.45) is -0.250. The highest BCUT2D eigenvalue weighted by atomic mass is 16.8. The van der Waals surface area contributed by atoms with E-state index >= 15 is 0 Å². The Labute approximate surface area is 70.8 Å². The van der Waals surface area contributed by atoms with Crippen LogP contribution in [0.4, 0.5) is 0 Å². The van der Waals surface area contributed by atoms with Crippen LogP contribution in [0, 0.1) is 0 Å². The molecule has 2 rings (SSSR count). The minimum atomic E-state index is -0.885. The summed E-state index contributed by atoms with van der Waals surface area (Å²) in [6, 6.07) is 0. The fourth-order valence-electron chi connectivity index (χ4n) is 1.72. The molecular weight excluding hydrogens is 160 g/mol. The predicted octanol–water partition coefficient (Wildman–Crippen LogP) is 0.453. The van der Waals surface area contributed by atoms with Crippen LogP contribution in [-0.2, 0) is 19.0 Å². The number of cyclic esters (lactones) is 1. The lowest BCUT2D eigenvalue weighted by atomic mass is 10.0. The van der Waals surface area contributed by atoms with Gasteiger partial charge in [-0.1, -0.05) is 0 Å². The summed E-state index contributed by atoms with van der Waals surface area (Å²) in [7, 11) is 0. The van der Waals surface area contributed by atoms with Gasteiger partial charge in [-0.3, -0.25) is 0 Å². The minimum absolute atomic E-state index is 0.250. The Morgan fingerprint density at radius 3 is 2.67 bits per heavy atom. The van der Waals surface area contributed by atoms with Crippen LogP contribution in [0.5, 0.6) is 0 Å². The van der Waals surface area contributed by atoms with E-state index in [1.807, 2.05) is 0 Å². The largest absolute Gasteiger partial charge is 0.461 e. The molecule has 4 nitrogen and oxygen atoms in total. The Bertz CT molecular complexity index is 235. The van der Waals surface area contributed by atoms with Crippen LogP contribution in [0.2, 0.25) is 0 Å². The van der Waals surface area contributed by atoms with Gasteiger partial charge < -0.3 is 14.2 Å². The van der Waals surface area contributed by atoms with E-state index in [0.717, 1.165) is 0 Å². The minimum Gasteiger partial charge on any atom is -0.461 e. The molecule has 0 aromatic heterocycles. The standard InChI is InChI=1S/C8H12O4/c1-7(2)11-5-4-10-6(9)8(5,3)12-7/h5H,4H2,1-3H3. The van der Waals surface area contributed by atoms with Crippen molar-refractivity contribution in [1.82, 2.24) is 0 Å². The van der Waals surface area contributed by atoms with Crippen LogP contribution in [0.15, 0.2) is 0 Å². The Hall–Kier alpha value is -0.610. The van der Waals surface area contributed by atoms with E-state index in [2.05, 4.69) is 0 Å². The van der Waals surface area contributed by atoms with Gasteiger partial charge in [-0.25, -0.2) is 4.79 Å². The van der Waals surface area contributed by atoms with Crippen molar-refractivity contribution < 1.29 is 19.0 Å². The number of ether oxygens (including phenoxy) is 3. The monoisotopic (exact) mass is 172 g/mol. The second kappa shape index (κ2) is 2.00. The molecule has 2 aliphatic heterocycles. The summed E-state index contributed by atoms with van der Waals surface area (Å²) in [5, 5.41) is 0. The van der Waals surface area contributed by atoms with Gasteiger partial charge in [0.1, 0.15) is 12.7 Å². The molecule has 2 fully saturated rings. The summed E-state index contributed by atoms with van der Waals surface area (Å²) in [5.41, 5.74) is -0.885. The van der Waals surface area contributed by atoms with Crippen molar-refractivity contribution in [3.05, 3.63) is 0 Å². The van der Waals surface area contributed by atoms with Crippen LogP contribution in [0.1, 0.15) is 20.8 Å². The number of hydrogen-bond donors (Lipinski definition) is 0. The molecule has 0 aliphatic carbocycles. The van der Waals surface area contributed by atoms with Crippen molar-refractivity contribution in [3.63, 3.8) is 0 Å². The molecule has 68 valence electrons. The van der Waals surface area contributed by atoms with Gasteiger partial charge in [0.25, 0.3) is 0 Å². The number of carbonyl (C=O) groups is 1. The van der Waals surface area contributed by atoms with Gasteiger partial charge in [0.2, 0.25) is 0 Å². The molecule has 0 saturated carbocycles. The number of fused-ring (bicyclic) bond motifs is 1. The lowest BCUT2D eigenvalue weighted by Crippen LogP contribution is -2.39. The molecule has 2 unspecified atom stereocenters. The van der Waals surface area contributed by atoms with Gasteiger partial charge >= 0.3 is 5.97 Å². The van der Waals surface area contributed by atoms with E-state index in [1.54, 1.807) is 20.8 Å². The average molecular weight is 172 g/mol. The molecular formula is C8H12O4. The van der Waals surface area contributed by atoms with E-state index in [-0.39, 0.29) is 12.1 Å². The van der Waals surface area contributed by atoms with Crippen molar-refractivity contribution in [2.75, 3.05) is 6.61 Å². The molecule has 2 atom stereocenters. The molecule has 12 heavy (non-hydrogen) atoms. The third-order valence-corrected chi connectivity index (χ3v) is 2.27. The summed E-state index contributed by atoms with van der Waals surface area (Å²) < 4.78 is 15.8. The van der Waals surface area contributed by atoms with Crippen LogP contribution in [-0.4, -0.2) is 30.1 Å². The lowest BCUT2D eigenvalue weighted by Gasteiger charge is -2.20. The lowest BCUT2D eigenvalue weighted by molar-refractivity contribution is -0.190. The van der Waals surface area contributed by atoms with Gasteiger partial charge in [-0.15, -0.1) is 0 Å². The SMILES string of the molecule is CC1(C)OC2COC(=O)C2(C)O1. The third-order valence-electron chi connectivity index (χ3n) is 2.27. The molecule has 0 spiro atoms. The van der Waals surface area contributed by atoms with E-state index in [1.165, 1.54) is 0 Å². The third kappa shape index (κ3) is 0.881. The normalized spacial score (nSPS) is 44.2. The molecule has 0 aromatic carbocycles. The van der Waals surface area contributed by atoms with Crippen LogP contribution < -0.4 is 0 Å². The zero-order valence-electron chi connectivity index (χ0n) is 7.42. The number of carbonyl (C=O) groups excluding carboxylic acids is 1. The Morgan fingerprint density at radius 2 is 2.08 bits per heavy atom. The fourth-order valence-corrected chi connectivity index (χ4v) is 1.72. The maximum absolute atomic E-state index is 11.2. The molecule has 2 saturated heterocycles. The fraction of sp³-hybridized carbons (Fsp3) is 0.875. The van der Waals surface area contributed by atoms with Gasteiger partial charge in [-0.2, -0.15) is 0 Å². The van der Waals surface area contributed by atoms with Crippen LogP contribution in [0.3, 0.4) is 0 Å². The van der Waals surface area contributed by atoms with Crippen molar-refractivity contribution >= 4 is 5.97 Å². The van der Waals surface area contributed by atoms with Gasteiger partial charge in [-0.05, 0) is 20.8 Å². The molecule has 0 N–H and O–H groups in total. The Kier molecular flexibility index (Phi) is 1.34. The Morgan fingerprint density at radius 1 is 1.42 bits per heavy atom. The molecule has 2 aliphatic rings. The van der Waals surface area contributed by atoms with Gasteiger partial charge in [0.05, 0.1) is 0 Å². The first-order valence-corrected chi connectivity index (χ1v) is 3.99. The molecule has 0 amide bonds. The van der Waals surface area contributed by atoms with Crippen molar-refractivity contribution in [2.45, 2.75) is 38.3 Å². The first kappa shape index (κ1) is 8.01. The number of rotatable bonds is 0. The maximum atomic E-state index is 11.2. The highest BCUT2D eigenvalue weighted by Crippen LogP contribution is 2.40.